The molecule has 0 aliphatic rings. The maximum Gasteiger partial charge on any atom is 0.298 e. The van der Waals surface area contributed by atoms with Gasteiger partial charge in [0.2, 0.25) is 0 Å². The molecule has 8 nitrogen and oxygen atoms in total. The molecule has 1 aromatic carbocycles. The van der Waals surface area contributed by atoms with Crippen LogP contribution in [0.1, 0.15) is 13.1 Å². The van der Waals surface area contributed by atoms with E-state index in [1.165, 1.54) is 0 Å². The van der Waals surface area contributed by atoms with Crippen LogP contribution in [-0.4, -0.2) is 34.1 Å². The summed E-state index contributed by atoms with van der Waals surface area (Å²) in [5, 5.41) is 21.4. The number of rotatable bonds is 3. The van der Waals surface area contributed by atoms with Crippen molar-refractivity contribution < 1.29 is 30.7 Å². The SMILES string of the molecule is [2H]c1cnc(NC(=O)c2cc(O)cc(S(=O)(=O)O)c2O)c([2H])c1. The fourth-order valence-corrected chi connectivity index (χ4v) is 2.12. The molecule has 0 saturated carbocycles. The van der Waals surface area contributed by atoms with E-state index in [1.807, 2.05) is 0 Å². The molecule has 1 amide bonds. The molecule has 0 saturated heterocycles. The Bertz CT molecular complexity index is 901. The van der Waals surface area contributed by atoms with Crippen LogP contribution in [0, 0.1) is 0 Å². The summed E-state index contributed by atoms with van der Waals surface area (Å²) in [7, 11) is -4.87. The number of hydrogen-bond acceptors (Lipinski definition) is 6. The van der Waals surface area contributed by atoms with Crippen molar-refractivity contribution in [2.45, 2.75) is 4.90 Å². The van der Waals surface area contributed by atoms with Crippen molar-refractivity contribution in [3.63, 3.8) is 0 Å². The highest BCUT2D eigenvalue weighted by Gasteiger charge is 2.23. The van der Waals surface area contributed by atoms with E-state index in [2.05, 4.69) is 10.3 Å². The molecule has 0 bridgehead atoms. The quantitative estimate of drug-likeness (QED) is 0.490. The van der Waals surface area contributed by atoms with E-state index in [0.717, 1.165) is 18.3 Å². The number of amides is 1. The second kappa shape index (κ2) is 5.38. The van der Waals surface area contributed by atoms with Gasteiger partial charge in [0.25, 0.3) is 16.0 Å². The lowest BCUT2D eigenvalue weighted by atomic mass is 10.1. The first-order valence-electron chi connectivity index (χ1n) is 6.37. The molecule has 0 fully saturated rings. The highest BCUT2D eigenvalue weighted by Crippen LogP contribution is 2.31. The molecule has 0 atom stereocenters. The minimum atomic E-state index is -4.87. The van der Waals surface area contributed by atoms with Gasteiger partial charge in [-0.05, 0) is 18.2 Å². The molecule has 0 spiro atoms. The Kier molecular flexibility index (Phi) is 3.11. The zero-order valence-corrected chi connectivity index (χ0v) is 11.0. The Morgan fingerprint density at radius 2 is 2.05 bits per heavy atom. The summed E-state index contributed by atoms with van der Waals surface area (Å²) in [6.07, 6.45) is 1.07. The van der Waals surface area contributed by atoms with Crippen molar-refractivity contribution in [3.8, 4) is 11.5 Å². The zero-order chi connectivity index (χ0) is 17.4. The van der Waals surface area contributed by atoms with Crippen molar-refractivity contribution in [1.82, 2.24) is 4.98 Å². The summed E-state index contributed by atoms with van der Waals surface area (Å²) < 4.78 is 46.0. The van der Waals surface area contributed by atoms with E-state index >= 15 is 0 Å². The molecule has 110 valence electrons. The van der Waals surface area contributed by atoms with E-state index in [1.54, 1.807) is 0 Å². The minimum absolute atomic E-state index is 0.0538. The normalized spacial score (nSPS) is 12.4. The molecular formula is C12H10N2O6S. The van der Waals surface area contributed by atoms with Crippen molar-refractivity contribution in [2.24, 2.45) is 0 Å². The van der Waals surface area contributed by atoms with Gasteiger partial charge in [-0.3, -0.25) is 9.35 Å². The average molecular weight is 312 g/mol. The lowest BCUT2D eigenvalue weighted by Gasteiger charge is -2.09. The highest BCUT2D eigenvalue weighted by molar-refractivity contribution is 7.86. The van der Waals surface area contributed by atoms with Gasteiger partial charge in [-0.15, -0.1) is 0 Å². The van der Waals surface area contributed by atoms with Crippen LogP contribution in [0.25, 0.3) is 0 Å². The Labute approximate surface area is 122 Å². The summed E-state index contributed by atoms with van der Waals surface area (Å²) in [4.78, 5) is 14.7. The van der Waals surface area contributed by atoms with Crippen molar-refractivity contribution >= 4 is 21.8 Å². The Hall–Kier alpha value is -2.65. The summed E-state index contributed by atoms with van der Waals surface area (Å²) in [6.45, 7) is 0. The number of nitrogens with one attached hydrogen (secondary N) is 1. The first kappa shape index (κ1) is 12.1. The summed E-state index contributed by atoms with van der Waals surface area (Å²) in [6, 6.07) is 2.13. The van der Waals surface area contributed by atoms with Gasteiger partial charge < -0.3 is 15.5 Å². The third-order valence-electron chi connectivity index (χ3n) is 2.37. The predicted octanol–water partition coefficient (Wildman–Crippen LogP) is 0.992. The van der Waals surface area contributed by atoms with Gasteiger partial charge in [-0.1, -0.05) is 6.07 Å². The summed E-state index contributed by atoms with van der Waals surface area (Å²) >= 11 is 0. The van der Waals surface area contributed by atoms with Crippen LogP contribution in [0.2, 0.25) is 0 Å². The van der Waals surface area contributed by atoms with Crippen LogP contribution in [0.3, 0.4) is 0 Å². The third-order valence-corrected chi connectivity index (χ3v) is 3.24. The van der Waals surface area contributed by atoms with Gasteiger partial charge in [0.1, 0.15) is 22.2 Å². The fourth-order valence-electron chi connectivity index (χ4n) is 1.49. The van der Waals surface area contributed by atoms with Crippen LogP contribution >= 0.6 is 0 Å². The van der Waals surface area contributed by atoms with E-state index in [9.17, 15) is 23.4 Å². The second-order valence-corrected chi connectivity index (χ2v) is 5.22. The van der Waals surface area contributed by atoms with Crippen LogP contribution < -0.4 is 5.32 Å². The summed E-state index contributed by atoms with van der Waals surface area (Å²) in [5.41, 5.74) is -0.645. The molecule has 21 heavy (non-hydrogen) atoms. The van der Waals surface area contributed by atoms with Crippen molar-refractivity contribution in [3.05, 3.63) is 42.0 Å². The first-order chi connectivity index (χ1) is 10.6. The molecule has 2 rings (SSSR count). The van der Waals surface area contributed by atoms with Crippen LogP contribution in [-0.2, 0) is 10.1 Å². The molecule has 4 N–H and O–H groups in total. The Balaban J connectivity index is 2.46. The molecule has 1 heterocycles. The molecule has 2 aromatic rings. The van der Waals surface area contributed by atoms with E-state index in [4.69, 9.17) is 7.29 Å². The molecule has 0 aliphatic carbocycles. The zero-order valence-electron chi connectivity index (χ0n) is 12.2. The number of phenolic OH excluding ortho intramolecular Hbond substituents is 2. The number of anilines is 1. The maximum atomic E-state index is 12.1. The Morgan fingerprint density at radius 3 is 2.67 bits per heavy atom. The van der Waals surface area contributed by atoms with E-state index < -0.39 is 38.0 Å². The topological polar surface area (TPSA) is 137 Å². The van der Waals surface area contributed by atoms with Crippen LogP contribution in [0.4, 0.5) is 5.82 Å². The summed E-state index contributed by atoms with van der Waals surface area (Å²) in [5.74, 6) is -3.04. The number of aromatic nitrogens is 1. The number of nitrogens with zero attached hydrogens (tertiary/aromatic N) is 1. The monoisotopic (exact) mass is 312 g/mol. The standard InChI is InChI=1S/C12H10N2O6S/c15-7-5-8(11(16)9(6-7)21(18,19)20)12(17)14-10-3-1-2-4-13-10/h1-6,15-16H,(H,13,14,17)(H,18,19,20)/i2D,3D. The van der Waals surface area contributed by atoms with E-state index in [-0.39, 0.29) is 17.9 Å². The fraction of sp³-hybridized carbons (Fsp3) is 0. The molecule has 0 unspecified atom stereocenters. The Morgan fingerprint density at radius 1 is 1.33 bits per heavy atom. The number of carbonyl (C=O) groups is 1. The van der Waals surface area contributed by atoms with Crippen molar-refractivity contribution in [1.29, 1.82) is 0 Å². The van der Waals surface area contributed by atoms with Crippen molar-refractivity contribution in [2.75, 3.05) is 5.32 Å². The first-order valence-corrected chi connectivity index (χ1v) is 6.81. The van der Waals surface area contributed by atoms with Gasteiger partial charge in [-0.25, -0.2) is 4.98 Å². The second-order valence-electron chi connectivity index (χ2n) is 3.83. The van der Waals surface area contributed by atoms with E-state index in [0.29, 0.717) is 6.07 Å². The minimum Gasteiger partial charge on any atom is -0.508 e. The largest absolute Gasteiger partial charge is 0.508 e. The van der Waals surface area contributed by atoms with Crippen LogP contribution in [0.5, 0.6) is 11.5 Å². The van der Waals surface area contributed by atoms with Gasteiger partial charge >= 0.3 is 0 Å². The lowest BCUT2D eigenvalue weighted by molar-refractivity contribution is 0.102. The smallest absolute Gasteiger partial charge is 0.298 e. The lowest BCUT2D eigenvalue weighted by Crippen LogP contribution is -2.14. The molecule has 9 heteroatoms. The predicted molar refractivity (Wildman–Crippen MR) is 71.8 cm³/mol. The number of phenols is 2. The van der Waals surface area contributed by atoms with Gasteiger partial charge in [0.15, 0.2) is 0 Å². The van der Waals surface area contributed by atoms with Gasteiger partial charge in [-0.2, -0.15) is 8.42 Å². The number of aromatic hydroxyl groups is 2. The number of hydrogen-bond donors (Lipinski definition) is 4. The third kappa shape index (κ3) is 3.27. The van der Waals surface area contributed by atoms with Gasteiger partial charge in [0.05, 0.1) is 8.30 Å². The molecular weight excluding hydrogens is 300 g/mol. The van der Waals surface area contributed by atoms with Gasteiger partial charge in [0, 0.05) is 12.3 Å². The molecule has 0 aliphatic heterocycles. The number of pyridine rings is 1. The highest BCUT2D eigenvalue weighted by atomic mass is 32.2. The number of benzene rings is 1. The molecule has 0 radical (unpaired) electrons. The maximum absolute atomic E-state index is 12.1. The average Bonchev–Trinajstić information content (AvgIpc) is 2.42. The molecule has 1 aromatic heterocycles. The van der Waals surface area contributed by atoms with Crippen LogP contribution in [0.15, 0.2) is 41.4 Å². The number of carbonyl (C=O) groups excluding carboxylic acids is 1.